The van der Waals surface area contributed by atoms with E-state index in [1.807, 2.05) is 24.3 Å². The predicted octanol–water partition coefficient (Wildman–Crippen LogP) is 0.530. The molecule has 0 aromatic heterocycles. The van der Waals surface area contributed by atoms with Crippen molar-refractivity contribution in [3.63, 3.8) is 0 Å². The number of para-hydroxylation sites is 1. The van der Waals surface area contributed by atoms with Crippen molar-refractivity contribution in [1.82, 2.24) is 9.62 Å². The first-order valence-electron chi connectivity index (χ1n) is 7.44. The van der Waals surface area contributed by atoms with Crippen molar-refractivity contribution in [2.45, 2.75) is 31.4 Å². The lowest BCUT2D eigenvalue weighted by Crippen LogP contribution is -2.47. The van der Waals surface area contributed by atoms with Crippen LogP contribution in [-0.4, -0.2) is 50.1 Å². The van der Waals surface area contributed by atoms with Crippen LogP contribution in [0.3, 0.4) is 0 Å². The van der Waals surface area contributed by atoms with Gasteiger partial charge in [0.15, 0.2) is 0 Å². The number of carbonyl (C=O) groups is 1. The number of hydrogen-bond acceptors (Lipinski definition) is 4. The second-order valence-corrected chi connectivity index (χ2v) is 7.76. The molecule has 0 radical (unpaired) electrons. The second kappa shape index (κ2) is 5.89. The summed E-state index contributed by atoms with van der Waals surface area (Å²) in [7, 11) is -3.34. The average molecular weight is 324 g/mol. The molecular formula is C15H20N2O4S. The summed E-state index contributed by atoms with van der Waals surface area (Å²) in [6, 6.07) is 7.23. The van der Waals surface area contributed by atoms with E-state index in [1.165, 1.54) is 4.31 Å². The normalized spacial score (nSPS) is 24.8. The SMILES string of the molecule is CS(=O)(=O)N1CCCC1C(=O)NCC1Cc2ccccc2O1. The number of nitrogens with one attached hydrogen (secondary N) is 1. The largest absolute Gasteiger partial charge is 0.488 e. The summed E-state index contributed by atoms with van der Waals surface area (Å²) in [5, 5.41) is 2.83. The Kier molecular flexibility index (Phi) is 4.10. The number of ether oxygens (including phenoxy) is 1. The van der Waals surface area contributed by atoms with Gasteiger partial charge in [0, 0.05) is 13.0 Å². The minimum absolute atomic E-state index is 0.0885. The number of rotatable bonds is 4. The lowest BCUT2D eigenvalue weighted by molar-refractivity contribution is -0.124. The Hall–Kier alpha value is -1.60. The molecule has 2 heterocycles. The van der Waals surface area contributed by atoms with Crippen LogP contribution in [0.25, 0.3) is 0 Å². The standard InChI is InChI=1S/C15H20N2O4S/c1-22(19,20)17-8-4-6-13(17)15(18)16-10-12-9-11-5-2-3-7-14(11)21-12/h2-3,5,7,12-13H,4,6,8-10H2,1H3,(H,16,18). The van der Waals surface area contributed by atoms with E-state index < -0.39 is 16.1 Å². The van der Waals surface area contributed by atoms with E-state index in [9.17, 15) is 13.2 Å². The van der Waals surface area contributed by atoms with Gasteiger partial charge in [0.05, 0.1) is 12.8 Å². The molecule has 1 amide bonds. The van der Waals surface area contributed by atoms with Gasteiger partial charge < -0.3 is 10.1 Å². The third-order valence-electron chi connectivity index (χ3n) is 4.15. The molecule has 0 saturated carbocycles. The Bertz CT molecular complexity index is 649. The maximum Gasteiger partial charge on any atom is 0.238 e. The van der Waals surface area contributed by atoms with E-state index in [0.717, 1.165) is 30.4 Å². The van der Waals surface area contributed by atoms with Crippen molar-refractivity contribution >= 4 is 15.9 Å². The molecule has 1 aromatic carbocycles. The number of amides is 1. The molecule has 2 atom stereocenters. The maximum absolute atomic E-state index is 12.3. The highest BCUT2D eigenvalue weighted by molar-refractivity contribution is 7.88. The zero-order valence-corrected chi connectivity index (χ0v) is 13.3. The molecule has 1 saturated heterocycles. The molecule has 1 fully saturated rings. The van der Waals surface area contributed by atoms with Gasteiger partial charge in [0.1, 0.15) is 17.9 Å². The number of nitrogens with zero attached hydrogens (tertiary/aromatic N) is 1. The lowest BCUT2D eigenvalue weighted by atomic mass is 10.1. The van der Waals surface area contributed by atoms with E-state index in [2.05, 4.69) is 5.32 Å². The summed E-state index contributed by atoms with van der Waals surface area (Å²) in [6.45, 7) is 0.809. The van der Waals surface area contributed by atoms with Gasteiger partial charge in [-0.3, -0.25) is 4.79 Å². The number of sulfonamides is 1. The fourth-order valence-corrected chi connectivity index (χ4v) is 4.22. The molecule has 120 valence electrons. The Morgan fingerprint density at radius 3 is 2.91 bits per heavy atom. The molecule has 1 N–H and O–H groups in total. The first-order valence-corrected chi connectivity index (χ1v) is 9.29. The molecule has 2 aliphatic rings. The molecule has 0 bridgehead atoms. The lowest BCUT2D eigenvalue weighted by Gasteiger charge is -2.22. The minimum Gasteiger partial charge on any atom is -0.488 e. The van der Waals surface area contributed by atoms with Gasteiger partial charge in [-0.15, -0.1) is 0 Å². The van der Waals surface area contributed by atoms with E-state index in [0.29, 0.717) is 19.5 Å². The van der Waals surface area contributed by atoms with Crippen LogP contribution in [0.15, 0.2) is 24.3 Å². The fourth-order valence-electron chi connectivity index (χ4n) is 3.10. The third-order valence-corrected chi connectivity index (χ3v) is 5.44. The average Bonchev–Trinajstić information content (AvgIpc) is 3.10. The molecule has 3 rings (SSSR count). The van der Waals surface area contributed by atoms with Gasteiger partial charge in [-0.05, 0) is 24.5 Å². The Labute approximate surface area is 130 Å². The van der Waals surface area contributed by atoms with Crippen LogP contribution < -0.4 is 10.1 Å². The molecule has 6 nitrogen and oxygen atoms in total. The Morgan fingerprint density at radius 2 is 2.18 bits per heavy atom. The summed E-state index contributed by atoms with van der Waals surface area (Å²) in [4.78, 5) is 12.3. The Morgan fingerprint density at radius 1 is 1.41 bits per heavy atom. The van der Waals surface area contributed by atoms with Crippen molar-refractivity contribution < 1.29 is 17.9 Å². The van der Waals surface area contributed by atoms with Crippen LogP contribution in [0.4, 0.5) is 0 Å². The molecule has 2 unspecified atom stereocenters. The summed E-state index contributed by atoms with van der Waals surface area (Å²) >= 11 is 0. The number of benzene rings is 1. The highest BCUT2D eigenvalue weighted by Crippen LogP contribution is 2.28. The van der Waals surface area contributed by atoms with Crippen LogP contribution in [0.5, 0.6) is 5.75 Å². The van der Waals surface area contributed by atoms with E-state index >= 15 is 0 Å². The summed E-state index contributed by atoms with van der Waals surface area (Å²) in [5.74, 6) is 0.628. The first kappa shape index (κ1) is 15.3. The number of carbonyl (C=O) groups excluding carboxylic acids is 1. The number of fused-ring (bicyclic) bond motifs is 1. The molecule has 2 aliphatic heterocycles. The smallest absolute Gasteiger partial charge is 0.238 e. The summed E-state index contributed by atoms with van der Waals surface area (Å²) < 4.78 is 30.4. The molecule has 0 spiro atoms. The van der Waals surface area contributed by atoms with Crippen LogP contribution >= 0.6 is 0 Å². The number of hydrogen-bond donors (Lipinski definition) is 1. The van der Waals surface area contributed by atoms with Gasteiger partial charge >= 0.3 is 0 Å². The van der Waals surface area contributed by atoms with Crippen molar-refractivity contribution in [3.05, 3.63) is 29.8 Å². The highest BCUT2D eigenvalue weighted by Gasteiger charge is 2.36. The first-order chi connectivity index (χ1) is 10.4. The fraction of sp³-hybridized carbons (Fsp3) is 0.533. The molecular weight excluding hydrogens is 304 g/mol. The molecule has 0 aliphatic carbocycles. The monoisotopic (exact) mass is 324 g/mol. The van der Waals surface area contributed by atoms with Crippen LogP contribution in [0, 0.1) is 0 Å². The summed E-state index contributed by atoms with van der Waals surface area (Å²) in [6.07, 6.45) is 3.11. The Balaban J connectivity index is 1.55. The zero-order valence-electron chi connectivity index (χ0n) is 12.5. The van der Waals surface area contributed by atoms with Gasteiger partial charge in [-0.1, -0.05) is 18.2 Å². The maximum atomic E-state index is 12.3. The molecule has 7 heteroatoms. The van der Waals surface area contributed by atoms with Crippen LogP contribution in [0.1, 0.15) is 18.4 Å². The van der Waals surface area contributed by atoms with E-state index in [1.54, 1.807) is 0 Å². The molecule has 1 aromatic rings. The molecule has 22 heavy (non-hydrogen) atoms. The third kappa shape index (κ3) is 3.10. The van der Waals surface area contributed by atoms with Crippen LogP contribution in [0.2, 0.25) is 0 Å². The zero-order chi connectivity index (χ0) is 15.7. The quantitative estimate of drug-likeness (QED) is 0.877. The summed E-state index contributed by atoms with van der Waals surface area (Å²) in [5.41, 5.74) is 1.14. The van der Waals surface area contributed by atoms with Crippen molar-refractivity contribution in [2.75, 3.05) is 19.3 Å². The topological polar surface area (TPSA) is 75.7 Å². The highest BCUT2D eigenvalue weighted by atomic mass is 32.2. The van der Waals surface area contributed by atoms with Crippen molar-refractivity contribution in [3.8, 4) is 5.75 Å². The van der Waals surface area contributed by atoms with Gasteiger partial charge in [-0.25, -0.2) is 8.42 Å². The van der Waals surface area contributed by atoms with E-state index in [-0.39, 0.29) is 12.0 Å². The van der Waals surface area contributed by atoms with Gasteiger partial charge in [-0.2, -0.15) is 4.31 Å². The minimum atomic E-state index is -3.34. The van der Waals surface area contributed by atoms with E-state index in [4.69, 9.17) is 4.74 Å². The van der Waals surface area contributed by atoms with Crippen molar-refractivity contribution in [2.24, 2.45) is 0 Å². The van der Waals surface area contributed by atoms with Gasteiger partial charge in [0.25, 0.3) is 0 Å². The second-order valence-electron chi connectivity index (χ2n) is 5.83. The van der Waals surface area contributed by atoms with Crippen LogP contribution in [-0.2, 0) is 21.2 Å². The van der Waals surface area contributed by atoms with Crippen molar-refractivity contribution in [1.29, 1.82) is 0 Å². The predicted molar refractivity (Wildman–Crippen MR) is 82.1 cm³/mol. The van der Waals surface area contributed by atoms with Gasteiger partial charge in [0.2, 0.25) is 15.9 Å².